The molecular weight excluding hydrogens is 280 g/mol. The van der Waals surface area contributed by atoms with Gasteiger partial charge in [0.05, 0.1) is 12.5 Å². The summed E-state index contributed by atoms with van der Waals surface area (Å²) in [6.45, 7) is 0.939. The Kier molecular flexibility index (Phi) is 5.44. The lowest BCUT2D eigenvalue weighted by molar-refractivity contribution is -0.147. The molecule has 0 aliphatic rings. The minimum absolute atomic E-state index is 0.266. The first-order chi connectivity index (χ1) is 10.6. The standard InChI is InChI=1S/C18H18O4/c1-13(11-19)18(21)22-12-17(20)16-9-7-15(8-10-16)14-5-3-2-4-6-14/h2-10,13,19H,11-12H2,1H3. The predicted octanol–water partition coefficient (Wildman–Crippen LogP) is 2.71. The molecular formula is C18H18O4. The summed E-state index contributed by atoms with van der Waals surface area (Å²) in [5, 5.41) is 8.84. The lowest BCUT2D eigenvalue weighted by Gasteiger charge is -2.08. The monoisotopic (exact) mass is 298 g/mol. The van der Waals surface area contributed by atoms with Gasteiger partial charge in [0.2, 0.25) is 0 Å². The quantitative estimate of drug-likeness (QED) is 0.658. The van der Waals surface area contributed by atoms with Crippen molar-refractivity contribution in [3.8, 4) is 11.1 Å². The molecule has 0 aliphatic heterocycles. The minimum atomic E-state index is -0.617. The SMILES string of the molecule is CC(CO)C(=O)OCC(=O)c1ccc(-c2ccccc2)cc1. The number of carbonyl (C=O) groups excluding carboxylic acids is 2. The lowest BCUT2D eigenvalue weighted by atomic mass is 10.0. The number of Topliss-reactive ketones (excluding diaryl/α,β-unsaturated/α-hetero) is 1. The second kappa shape index (κ2) is 7.52. The second-order valence-corrected chi connectivity index (χ2v) is 5.06. The van der Waals surface area contributed by atoms with E-state index in [-0.39, 0.29) is 19.0 Å². The van der Waals surface area contributed by atoms with E-state index in [4.69, 9.17) is 9.84 Å². The molecule has 4 nitrogen and oxygen atoms in total. The number of hydrogen-bond acceptors (Lipinski definition) is 4. The maximum Gasteiger partial charge on any atom is 0.311 e. The van der Waals surface area contributed by atoms with Crippen molar-refractivity contribution in [2.45, 2.75) is 6.92 Å². The largest absolute Gasteiger partial charge is 0.457 e. The van der Waals surface area contributed by atoms with E-state index in [1.54, 1.807) is 19.1 Å². The van der Waals surface area contributed by atoms with Crippen LogP contribution in [0.15, 0.2) is 54.6 Å². The van der Waals surface area contributed by atoms with Crippen molar-refractivity contribution in [3.05, 3.63) is 60.2 Å². The van der Waals surface area contributed by atoms with E-state index in [2.05, 4.69) is 0 Å². The average molecular weight is 298 g/mol. The zero-order chi connectivity index (χ0) is 15.9. The summed E-state index contributed by atoms with van der Waals surface area (Å²) in [6.07, 6.45) is 0. The van der Waals surface area contributed by atoms with Crippen LogP contribution in [0.25, 0.3) is 11.1 Å². The Bertz CT molecular complexity index is 632. The number of ketones is 1. The van der Waals surface area contributed by atoms with E-state index in [0.29, 0.717) is 5.56 Å². The van der Waals surface area contributed by atoms with Crippen LogP contribution in [-0.4, -0.2) is 30.1 Å². The minimum Gasteiger partial charge on any atom is -0.457 e. The third kappa shape index (κ3) is 4.02. The van der Waals surface area contributed by atoms with E-state index in [9.17, 15) is 9.59 Å². The normalized spacial score (nSPS) is 11.7. The summed E-state index contributed by atoms with van der Waals surface area (Å²) in [6, 6.07) is 17.0. The molecule has 0 fully saturated rings. The van der Waals surface area contributed by atoms with Crippen molar-refractivity contribution >= 4 is 11.8 Å². The fourth-order valence-electron chi connectivity index (χ4n) is 1.92. The van der Waals surface area contributed by atoms with Crippen LogP contribution < -0.4 is 0 Å². The van der Waals surface area contributed by atoms with Gasteiger partial charge in [0.1, 0.15) is 0 Å². The summed E-state index contributed by atoms with van der Waals surface area (Å²) < 4.78 is 4.88. The van der Waals surface area contributed by atoms with Crippen molar-refractivity contribution < 1.29 is 19.4 Å². The van der Waals surface area contributed by atoms with Crippen molar-refractivity contribution in [3.63, 3.8) is 0 Å². The molecule has 0 aromatic heterocycles. The number of aliphatic hydroxyl groups is 1. The number of benzene rings is 2. The van der Waals surface area contributed by atoms with E-state index >= 15 is 0 Å². The summed E-state index contributed by atoms with van der Waals surface area (Å²) in [5.41, 5.74) is 2.58. The molecule has 0 amide bonds. The number of ether oxygens (including phenoxy) is 1. The molecule has 0 bridgehead atoms. The van der Waals surface area contributed by atoms with Gasteiger partial charge in [-0.15, -0.1) is 0 Å². The molecule has 2 rings (SSSR count). The molecule has 1 N–H and O–H groups in total. The van der Waals surface area contributed by atoms with E-state index in [1.165, 1.54) is 0 Å². The van der Waals surface area contributed by atoms with Gasteiger partial charge in [0.15, 0.2) is 12.4 Å². The fourth-order valence-corrected chi connectivity index (χ4v) is 1.92. The predicted molar refractivity (Wildman–Crippen MR) is 83.4 cm³/mol. The van der Waals surface area contributed by atoms with Crippen molar-refractivity contribution in [2.75, 3.05) is 13.2 Å². The van der Waals surface area contributed by atoms with Gasteiger partial charge in [0, 0.05) is 5.56 Å². The van der Waals surface area contributed by atoms with Crippen LogP contribution >= 0.6 is 0 Å². The Morgan fingerprint density at radius 2 is 1.59 bits per heavy atom. The Morgan fingerprint density at radius 1 is 1.00 bits per heavy atom. The zero-order valence-corrected chi connectivity index (χ0v) is 12.4. The van der Waals surface area contributed by atoms with Crippen LogP contribution in [-0.2, 0) is 9.53 Å². The van der Waals surface area contributed by atoms with Crippen LogP contribution in [0, 0.1) is 5.92 Å². The number of esters is 1. The average Bonchev–Trinajstić information content (AvgIpc) is 2.59. The third-order valence-electron chi connectivity index (χ3n) is 3.34. The first kappa shape index (κ1) is 15.9. The molecule has 114 valence electrons. The highest BCUT2D eigenvalue weighted by Crippen LogP contribution is 2.19. The van der Waals surface area contributed by atoms with E-state index in [1.807, 2.05) is 42.5 Å². The van der Waals surface area contributed by atoms with E-state index in [0.717, 1.165) is 11.1 Å². The van der Waals surface area contributed by atoms with Gasteiger partial charge in [-0.1, -0.05) is 54.6 Å². The molecule has 0 aliphatic carbocycles. The van der Waals surface area contributed by atoms with Gasteiger partial charge in [-0.25, -0.2) is 0 Å². The van der Waals surface area contributed by atoms with Crippen LogP contribution in [0.2, 0.25) is 0 Å². The summed E-state index contributed by atoms with van der Waals surface area (Å²) in [4.78, 5) is 23.4. The number of carbonyl (C=O) groups is 2. The lowest BCUT2D eigenvalue weighted by Crippen LogP contribution is -2.21. The summed E-state index contributed by atoms with van der Waals surface area (Å²) >= 11 is 0. The molecule has 1 atom stereocenters. The Balaban J connectivity index is 1.98. The maximum atomic E-state index is 12.0. The van der Waals surface area contributed by atoms with E-state index < -0.39 is 11.9 Å². The van der Waals surface area contributed by atoms with Crippen LogP contribution in [0.4, 0.5) is 0 Å². The van der Waals surface area contributed by atoms with Gasteiger partial charge in [-0.3, -0.25) is 9.59 Å². The van der Waals surface area contributed by atoms with Gasteiger partial charge in [-0.2, -0.15) is 0 Å². The molecule has 0 saturated carbocycles. The zero-order valence-electron chi connectivity index (χ0n) is 12.4. The fraction of sp³-hybridized carbons (Fsp3) is 0.222. The van der Waals surface area contributed by atoms with Crippen molar-refractivity contribution in [1.82, 2.24) is 0 Å². The smallest absolute Gasteiger partial charge is 0.311 e. The first-order valence-corrected chi connectivity index (χ1v) is 7.08. The molecule has 22 heavy (non-hydrogen) atoms. The van der Waals surface area contributed by atoms with Gasteiger partial charge < -0.3 is 9.84 Å². The maximum absolute atomic E-state index is 12.0. The van der Waals surface area contributed by atoms with Gasteiger partial charge in [0.25, 0.3) is 0 Å². The molecule has 0 saturated heterocycles. The number of aliphatic hydroxyl groups excluding tert-OH is 1. The Hall–Kier alpha value is -2.46. The summed E-state index contributed by atoms with van der Waals surface area (Å²) in [7, 11) is 0. The molecule has 0 spiro atoms. The van der Waals surface area contributed by atoms with Gasteiger partial charge in [-0.05, 0) is 18.1 Å². The Labute approximate surface area is 129 Å². The number of hydrogen-bond donors (Lipinski definition) is 1. The van der Waals surface area contributed by atoms with Crippen molar-refractivity contribution in [1.29, 1.82) is 0 Å². The van der Waals surface area contributed by atoms with Crippen LogP contribution in [0.3, 0.4) is 0 Å². The Morgan fingerprint density at radius 3 is 2.18 bits per heavy atom. The molecule has 0 heterocycles. The topological polar surface area (TPSA) is 63.6 Å². The number of rotatable bonds is 6. The third-order valence-corrected chi connectivity index (χ3v) is 3.34. The second-order valence-electron chi connectivity index (χ2n) is 5.06. The highest BCUT2D eigenvalue weighted by atomic mass is 16.5. The highest BCUT2D eigenvalue weighted by molar-refractivity contribution is 5.98. The molecule has 4 heteroatoms. The first-order valence-electron chi connectivity index (χ1n) is 7.08. The molecule has 2 aromatic carbocycles. The molecule has 2 aromatic rings. The molecule has 1 unspecified atom stereocenters. The van der Waals surface area contributed by atoms with Crippen LogP contribution in [0.1, 0.15) is 17.3 Å². The summed E-state index contributed by atoms with van der Waals surface area (Å²) in [5.74, 6) is -1.46. The van der Waals surface area contributed by atoms with Crippen molar-refractivity contribution in [2.24, 2.45) is 5.92 Å². The van der Waals surface area contributed by atoms with Crippen LogP contribution in [0.5, 0.6) is 0 Å². The van der Waals surface area contributed by atoms with Gasteiger partial charge >= 0.3 is 5.97 Å². The highest BCUT2D eigenvalue weighted by Gasteiger charge is 2.15. The molecule has 0 radical (unpaired) electrons.